The zero-order valence-corrected chi connectivity index (χ0v) is 13.5. The first-order chi connectivity index (χ1) is 9.97. The third-order valence-electron chi connectivity index (χ3n) is 4.86. The fourth-order valence-corrected chi connectivity index (χ4v) is 3.22. The first-order valence-electron chi connectivity index (χ1n) is 8.25. The van der Waals surface area contributed by atoms with E-state index in [9.17, 15) is 9.59 Å². The number of aliphatic carboxylic acids is 1. The van der Waals surface area contributed by atoms with Gasteiger partial charge in [0.15, 0.2) is 0 Å². The molecular formula is C16H30N2O3. The Morgan fingerprint density at radius 3 is 2.19 bits per heavy atom. The van der Waals surface area contributed by atoms with E-state index in [1.54, 1.807) is 0 Å². The third kappa shape index (κ3) is 5.94. The van der Waals surface area contributed by atoms with E-state index in [0.717, 1.165) is 38.5 Å². The van der Waals surface area contributed by atoms with Gasteiger partial charge in [0.05, 0.1) is 5.92 Å². The molecule has 0 aliphatic heterocycles. The zero-order valence-electron chi connectivity index (χ0n) is 13.5. The Labute approximate surface area is 127 Å². The first-order valence-corrected chi connectivity index (χ1v) is 8.25. The van der Waals surface area contributed by atoms with E-state index in [-0.39, 0.29) is 18.0 Å². The standard InChI is InChI=1S/C16H30N2O3/c1-4-13(5-2)11(3)18-16(21)17-10-12-6-8-14(9-7-12)15(19)20/h11-14H,4-10H2,1-3H3,(H,19,20)(H2,17,18,21). The van der Waals surface area contributed by atoms with Crippen molar-refractivity contribution in [2.24, 2.45) is 17.8 Å². The summed E-state index contributed by atoms with van der Waals surface area (Å²) in [5.74, 6) is 0.0553. The van der Waals surface area contributed by atoms with E-state index in [1.807, 2.05) is 0 Å². The van der Waals surface area contributed by atoms with Crippen LogP contribution in [0.2, 0.25) is 0 Å². The van der Waals surface area contributed by atoms with E-state index in [1.165, 1.54) is 0 Å². The van der Waals surface area contributed by atoms with E-state index < -0.39 is 5.97 Å². The number of hydrogen-bond donors (Lipinski definition) is 3. The predicted molar refractivity (Wildman–Crippen MR) is 83.2 cm³/mol. The summed E-state index contributed by atoms with van der Waals surface area (Å²) < 4.78 is 0. The molecule has 0 heterocycles. The van der Waals surface area contributed by atoms with Crippen LogP contribution in [0.1, 0.15) is 59.3 Å². The summed E-state index contributed by atoms with van der Waals surface area (Å²) in [7, 11) is 0. The van der Waals surface area contributed by atoms with Crippen LogP contribution in [0.4, 0.5) is 4.79 Å². The Balaban J connectivity index is 2.23. The summed E-state index contributed by atoms with van der Waals surface area (Å²) in [6, 6.07) is 0.0810. The van der Waals surface area contributed by atoms with Crippen LogP contribution in [0.25, 0.3) is 0 Å². The van der Waals surface area contributed by atoms with Gasteiger partial charge in [-0.3, -0.25) is 4.79 Å². The van der Waals surface area contributed by atoms with Crippen LogP contribution in [-0.4, -0.2) is 29.7 Å². The topological polar surface area (TPSA) is 78.4 Å². The summed E-state index contributed by atoms with van der Waals surface area (Å²) in [6.07, 6.45) is 5.37. The van der Waals surface area contributed by atoms with E-state index in [0.29, 0.717) is 18.4 Å². The molecule has 1 atom stereocenters. The van der Waals surface area contributed by atoms with Crippen molar-refractivity contribution in [1.82, 2.24) is 10.6 Å². The van der Waals surface area contributed by atoms with Crippen molar-refractivity contribution < 1.29 is 14.7 Å². The molecule has 0 radical (unpaired) electrons. The van der Waals surface area contributed by atoms with Crippen LogP contribution in [0.15, 0.2) is 0 Å². The van der Waals surface area contributed by atoms with Crippen LogP contribution in [0.3, 0.4) is 0 Å². The molecule has 21 heavy (non-hydrogen) atoms. The molecule has 3 N–H and O–H groups in total. The zero-order chi connectivity index (χ0) is 15.8. The van der Waals surface area contributed by atoms with Gasteiger partial charge in [0.1, 0.15) is 0 Å². The first kappa shape index (κ1) is 17.8. The highest BCUT2D eigenvalue weighted by Crippen LogP contribution is 2.28. The molecule has 1 aliphatic carbocycles. The van der Waals surface area contributed by atoms with Crippen molar-refractivity contribution >= 4 is 12.0 Å². The van der Waals surface area contributed by atoms with E-state index >= 15 is 0 Å². The summed E-state index contributed by atoms with van der Waals surface area (Å²) in [5, 5.41) is 14.9. The van der Waals surface area contributed by atoms with Crippen molar-refractivity contribution in [1.29, 1.82) is 0 Å². The van der Waals surface area contributed by atoms with Crippen LogP contribution in [0, 0.1) is 17.8 Å². The second kappa shape index (κ2) is 8.90. The number of amides is 2. The van der Waals surface area contributed by atoms with Gasteiger partial charge in [0.2, 0.25) is 0 Å². The fourth-order valence-electron chi connectivity index (χ4n) is 3.22. The molecule has 122 valence electrons. The summed E-state index contributed by atoms with van der Waals surface area (Å²) in [6.45, 7) is 6.99. The highest BCUT2D eigenvalue weighted by atomic mass is 16.4. The van der Waals surface area contributed by atoms with Gasteiger partial charge in [-0.05, 0) is 44.4 Å². The Bertz CT molecular complexity index is 334. The minimum atomic E-state index is -0.682. The van der Waals surface area contributed by atoms with Crippen molar-refractivity contribution in [3.63, 3.8) is 0 Å². The minimum Gasteiger partial charge on any atom is -0.481 e. The SMILES string of the molecule is CCC(CC)C(C)NC(=O)NCC1CCC(C(=O)O)CC1. The quantitative estimate of drug-likeness (QED) is 0.676. The molecule has 0 aromatic carbocycles. The lowest BCUT2D eigenvalue weighted by Gasteiger charge is -2.27. The molecule has 1 saturated carbocycles. The molecule has 1 aliphatic rings. The molecule has 0 aromatic rings. The molecule has 0 aromatic heterocycles. The molecule has 5 nitrogen and oxygen atoms in total. The monoisotopic (exact) mass is 298 g/mol. The van der Waals surface area contributed by atoms with Crippen molar-refractivity contribution in [3.8, 4) is 0 Å². The van der Waals surface area contributed by atoms with Crippen LogP contribution >= 0.6 is 0 Å². The van der Waals surface area contributed by atoms with Gasteiger partial charge in [0.25, 0.3) is 0 Å². The average molecular weight is 298 g/mol. The van der Waals surface area contributed by atoms with Gasteiger partial charge in [0, 0.05) is 12.6 Å². The molecule has 1 unspecified atom stereocenters. The van der Waals surface area contributed by atoms with Crippen LogP contribution in [0.5, 0.6) is 0 Å². The number of carboxylic acids is 1. The third-order valence-corrected chi connectivity index (χ3v) is 4.86. The van der Waals surface area contributed by atoms with Crippen LogP contribution in [-0.2, 0) is 4.79 Å². The summed E-state index contributed by atoms with van der Waals surface area (Å²) >= 11 is 0. The van der Waals surface area contributed by atoms with Gasteiger partial charge in [-0.2, -0.15) is 0 Å². The molecule has 5 heteroatoms. The molecule has 2 amide bonds. The Hall–Kier alpha value is -1.26. The van der Waals surface area contributed by atoms with Gasteiger partial charge in [-0.1, -0.05) is 26.7 Å². The maximum Gasteiger partial charge on any atom is 0.315 e. The van der Waals surface area contributed by atoms with Crippen molar-refractivity contribution in [2.45, 2.75) is 65.3 Å². The van der Waals surface area contributed by atoms with Crippen molar-refractivity contribution in [2.75, 3.05) is 6.54 Å². The normalized spacial score (nSPS) is 23.6. The highest BCUT2D eigenvalue weighted by Gasteiger charge is 2.26. The second-order valence-electron chi connectivity index (χ2n) is 6.28. The lowest BCUT2D eigenvalue weighted by atomic mass is 9.82. The Morgan fingerprint density at radius 1 is 1.14 bits per heavy atom. The van der Waals surface area contributed by atoms with E-state index in [2.05, 4.69) is 31.4 Å². The smallest absolute Gasteiger partial charge is 0.315 e. The van der Waals surface area contributed by atoms with Crippen molar-refractivity contribution in [3.05, 3.63) is 0 Å². The van der Waals surface area contributed by atoms with Gasteiger partial charge in [-0.25, -0.2) is 4.79 Å². The number of carbonyl (C=O) groups is 2. The van der Waals surface area contributed by atoms with Crippen LogP contribution < -0.4 is 10.6 Å². The maximum absolute atomic E-state index is 11.9. The Morgan fingerprint density at radius 2 is 1.71 bits per heavy atom. The molecular weight excluding hydrogens is 268 g/mol. The number of hydrogen-bond acceptors (Lipinski definition) is 2. The predicted octanol–water partition coefficient (Wildman–Crippen LogP) is 3.00. The molecule has 1 fully saturated rings. The summed E-state index contributed by atoms with van der Waals surface area (Å²) in [4.78, 5) is 22.8. The number of nitrogens with one attached hydrogen (secondary N) is 2. The lowest BCUT2D eigenvalue weighted by Crippen LogP contribution is -2.45. The Kier molecular flexibility index (Phi) is 7.54. The molecule has 0 saturated heterocycles. The lowest BCUT2D eigenvalue weighted by molar-refractivity contribution is -0.143. The number of carbonyl (C=O) groups excluding carboxylic acids is 1. The number of rotatable bonds is 7. The fraction of sp³-hybridized carbons (Fsp3) is 0.875. The minimum absolute atomic E-state index is 0.102. The van der Waals surface area contributed by atoms with Gasteiger partial charge < -0.3 is 15.7 Å². The van der Waals surface area contributed by atoms with Gasteiger partial charge >= 0.3 is 12.0 Å². The molecule has 0 spiro atoms. The molecule has 1 rings (SSSR count). The summed E-state index contributed by atoms with van der Waals surface area (Å²) in [5.41, 5.74) is 0. The van der Waals surface area contributed by atoms with Gasteiger partial charge in [-0.15, -0.1) is 0 Å². The molecule has 0 bridgehead atoms. The second-order valence-corrected chi connectivity index (χ2v) is 6.28. The maximum atomic E-state index is 11.9. The highest BCUT2D eigenvalue weighted by molar-refractivity contribution is 5.74. The van der Waals surface area contributed by atoms with E-state index in [4.69, 9.17) is 5.11 Å². The number of carboxylic acid groups (broad SMARTS) is 1. The largest absolute Gasteiger partial charge is 0.481 e. The average Bonchev–Trinajstić information content (AvgIpc) is 2.46. The number of urea groups is 1.